The van der Waals surface area contributed by atoms with E-state index in [-0.39, 0.29) is 23.7 Å². The minimum atomic E-state index is -0.440. The molecular weight excluding hydrogens is 474 g/mol. The summed E-state index contributed by atoms with van der Waals surface area (Å²) in [5.74, 6) is -0.482. The Bertz CT molecular complexity index is 1510. The minimum absolute atomic E-state index is 0.0419. The molecule has 2 saturated heterocycles. The summed E-state index contributed by atoms with van der Waals surface area (Å²) in [6.45, 7) is 1.96. The number of halogens is 2. The fraction of sp³-hybridized carbons (Fsp3) is 0.226. The zero-order valence-electron chi connectivity index (χ0n) is 20.0. The fourth-order valence-corrected chi connectivity index (χ4v) is 5.03. The van der Waals surface area contributed by atoms with Gasteiger partial charge >= 0.3 is 0 Å². The second kappa shape index (κ2) is 8.98. The average molecular weight is 499 g/mol. The van der Waals surface area contributed by atoms with Crippen LogP contribution in [0.5, 0.6) is 11.5 Å². The molecule has 4 aromatic carbocycles. The Morgan fingerprint density at radius 2 is 1.27 bits per heavy atom. The summed E-state index contributed by atoms with van der Waals surface area (Å²) >= 11 is 0. The van der Waals surface area contributed by atoms with Gasteiger partial charge in [0.2, 0.25) is 0 Å². The quantitative estimate of drug-likeness (QED) is 0.232. The van der Waals surface area contributed by atoms with Crippen LogP contribution in [0.25, 0.3) is 33.4 Å². The summed E-state index contributed by atoms with van der Waals surface area (Å²) < 4.78 is 51.7. The lowest BCUT2D eigenvalue weighted by Gasteiger charge is -2.17. The maximum Gasteiger partial charge on any atom is 0.165 e. The molecular formula is C31H24F2O4. The topological polar surface area (TPSA) is 43.5 Å². The van der Waals surface area contributed by atoms with Crippen molar-refractivity contribution in [3.63, 3.8) is 0 Å². The van der Waals surface area contributed by atoms with Crippen LogP contribution >= 0.6 is 0 Å². The van der Waals surface area contributed by atoms with Gasteiger partial charge in [-0.25, -0.2) is 8.78 Å². The van der Waals surface area contributed by atoms with Crippen molar-refractivity contribution in [1.82, 2.24) is 0 Å². The van der Waals surface area contributed by atoms with Gasteiger partial charge in [-0.2, -0.15) is 0 Å². The van der Waals surface area contributed by atoms with E-state index in [1.54, 1.807) is 12.1 Å². The highest BCUT2D eigenvalue weighted by Crippen LogP contribution is 2.46. The number of fused-ring (bicyclic) bond motifs is 3. The Labute approximate surface area is 213 Å². The number of benzene rings is 4. The SMILES string of the molecule is Fc1cc(-c2ccc3c(c2-c2ccc(OCC4CO4)c(F)c2)Cc2ccccc2-3)ccc1OCC1CO1. The summed E-state index contributed by atoms with van der Waals surface area (Å²) in [6, 6.07) is 22.4. The molecule has 0 saturated carbocycles. The molecule has 3 aliphatic rings. The molecule has 0 bridgehead atoms. The number of hydrogen-bond acceptors (Lipinski definition) is 4. The van der Waals surface area contributed by atoms with Gasteiger partial charge in [0.1, 0.15) is 25.4 Å². The van der Waals surface area contributed by atoms with E-state index in [9.17, 15) is 0 Å². The number of hydrogen-bond donors (Lipinski definition) is 0. The molecule has 37 heavy (non-hydrogen) atoms. The van der Waals surface area contributed by atoms with E-state index in [0.717, 1.165) is 34.2 Å². The Morgan fingerprint density at radius 3 is 1.92 bits per heavy atom. The zero-order valence-corrected chi connectivity index (χ0v) is 20.0. The van der Waals surface area contributed by atoms with Crippen LogP contribution < -0.4 is 9.47 Å². The summed E-state index contributed by atoms with van der Waals surface area (Å²) in [5, 5.41) is 0. The van der Waals surface area contributed by atoms with E-state index in [1.807, 2.05) is 30.3 Å². The first-order valence-electron chi connectivity index (χ1n) is 12.5. The van der Waals surface area contributed by atoms with Crippen molar-refractivity contribution < 1.29 is 27.7 Å². The van der Waals surface area contributed by atoms with E-state index in [4.69, 9.17) is 18.9 Å². The lowest BCUT2D eigenvalue weighted by Crippen LogP contribution is -2.05. The van der Waals surface area contributed by atoms with Crippen molar-refractivity contribution in [2.24, 2.45) is 0 Å². The van der Waals surface area contributed by atoms with E-state index < -0.39 is 11.6 Å². The van der Waals surface area contributed by atoms with Crippen LogP contribution in [0.1, 0.15) is 11.1 Å². The molecule has 2 atom stereocenters. The maximum atomic E-state index is 15.2. The molecule has 2 heterocycles. The molecule has 6 heteroatoms. The van der Waals surface area contributed by atoms with Crippen molar-refractivity contribution in [2.45, 2.75) is 18.6 Å². The standard InChI is InChI=1S/C31H24F2O4/c32-27-12-19(5-9-29(27)36-16-21-14-34-21)24-7-8-25-23-4-2-1-3-18(23)11-26(25)31(24)20-6-10-30(28(33)13-20)37-17-22-15-35-22/h1-10,12-13,21-22H,11,14-17H2. The Hall–Kier alpha value is -3.74. The number of ether oxygens (including phenoxy) is 4. The van der Waals surface area contributed by atoms with Crippen LogP contribution in [0.3, 0.4) is 0 Å². The normalized spacial score (nSPS) is 18.8. The summed E-state index contributed by atoms with van der Waals surface area (Å²) in [5.41, 5.74) is 7.76. The van der Waals surface area contributed by atoms with Gasteiger partial charge in [-0.05, 0) is 75.2 Å². The van der Waals surface area contributed by atoms with Crippen molar-refractivity contribution in [3.05, 3.63) is 95.6 Å². The van der Waals surface area contributed by atoms with Gasteiger partial charge in [-0.3, -0.25) is 0 Å². The van der Waals surface area contributed by atoms with Gasteiger partial charge in [0.05, 0.1) is 13.2 Å². The molecule has 0 radical (unpaired) electrons. The molecule has 4 aromatic rings. The second-order valence-electron chi connectivity index (χ2n) is 9.67. The fourth-order valence-electron chi connectivity index (χ4n) is 5.03. The molecule has 1 aliphatic carbocycles. The Morgan fingerprint density at radius 1 is 0.676 bits per heavy atom. The highest BCUT2D eigenvalue weighted by atomic mass is 19.1. The third kappa shape index (κ3) is 4.37. The van der Waals surface area contributed by atoms with Gasteiger partial charge in [-0.1, -0.05) is 48.5 Å². The second-order valence-corrected chi connectivity index (χ2v) is 9.67. The first-order valence-corrected chi connectivity index (χ1v) is 12.5. The number of epoxide rings is 2. The Kier molecular flexibility index (Phi) is 5.45. The van der Waals surface area contributed by atoms with Crippen molar-refractivity contribution >= 4 is 0 Å². The molecule has 2 fully saturated rings. The maximum absolute atomic E-state index is 15.2. The predicted molar refractivity (Wildman–Crippen MR) is 136 cm³/mol. The summed E-state index contributed by atoms with van der Waals surface area (Å²) in [7, 11) is 0. The van der Waals surface area contributed by atoms with Gasteiger partial charge in [0.25, 0.3) is 0 Å². The lowest BCUT2D eigenvalue weighted by atomic mass is 9.87. The monoisotopic (exact) mass is 498 g/mol. The molecule has 0 amide bonds. The smallest absolute Gasteiger partial charge is 0.165 e. The van der Waals surface area contributed by atoms with E-state index in [1.165, 1.54) is 23.3 Å². The molecule has 186 valence electrons. The number of rotatable bonds is 8. The van der Waals surface area contributed by atoms with Crippen LogP contribution in [-0.4, -0.2) is 38.6 Å². The van der Waals surface area contributed by atoms with Crippen LogP contribution in [0.4, 0.5) is 8.78 Å². The van der Waals surface area contributed by atoms with Crippen LogP contribution in [-0.2, 0) is 15.9 Å². The molecule has 2 aliphatic heterocycles. The molecule has 4 nitrogen and oxygen atoms in total. The molecule has 2 unspecified atom stereocenters. The third-order valence-electron chi connectivity index (χ3n) is 7.11. The Balaban J connectivity index is 1.31. The van der Waals surface area contributed by atoms with Gasteiger partial charge < -0.3 is 18.9 Å². The average Bonchev–Trinajstić information content (AvgIpc) is 3.84. The van der Waals surface area contributed by atoms with E-state index >= 15 is 8.78 Å². The molecule has 0 aromatic heterocycles. The highest BCUT2D eigenvalue weighted by Gasteiger charge is 2.27. The van der Waals surface area contributed by atoms with E-state index in [0.29, 0.717) is 32.0 Å². The van der Waals surface area contributed by atoms with Gasteiger partial charge in [0, 0.05) is 0 Å². The van der Waals surface area contributed by atoms with Gasteiger partial charge in [0.15, 0.2) is 23.1 Å². The first kappa shape index (κ1) is 22.5. The van der Waals surface area contributed by atoms with Crippen LogP contribution in [0.2, 0.25) is 0 Å². The van der Waals surface area contributed by atoms with Crippen LogP contribution in [0.15, 0.2) is 72.8 Å². The lowest BCUT2D eigenvalue weighted by molar-refractivity contribution is 0.254. The molecule has 0 spiro atoms. The predicted octanol–water partition coefficient (Wildman–Crippen LogP) is 6.43. The molecule has 0 N–H and O–H groups in total. The zero-order chi connectivity index (χ0) is 24.9. The van der Waals surface area contributed by atoms with E-state index in [2.05, 4.69) is 18.2 Å². The van der Waals surface area contributed by atoms with Gasteiger partial charge in [-0.15, -0.1) is 0 Å². The first-order chi connectivity index (χ1) is 18.1. The summed E-state index contributed by atoms with van der Waals surface area (Å²) in [6.07, 6.45) is 0.807. The summed E-state index contributed by atoms with van der Waals surface area (Å²) in [4.78, 5) is 0. The van der Waals surface area contributed by atoms with Crippen molar-refractivity contribution in [1.29, 1.82) is 0 Å². The van der Waals surface area contributed by atoms with Crippen molar-refractivity contribution in [2.75, 3.05) is 26.4 Å². The van der Waals surface area contributed by atoms with Crippen LogP contribution in [0, 0.1) is 11.6 Å². The largest absolute Gasteiger partial charge is 0.488 e. The molecule has 7 rings (SSSR count). The highest BCUT2D eigenvalue weighted by molar-refractivity contribution is 5.93. The third-order valence-corrected chi connectivity index (χ3v) is 7.11. The van der Waals surface area contributed by atoms with Crippen molar-refractivity contribution in [3.8, 4) is 44.9 Å². The minimum Gasteiger partial charge on any atom is -0.488 e.